The molecule has 9 rings (SSSR count). The zero-order valence-electron chi connectivity index (χ0n) is 35.0. The van der Waals surface area contributed by atoms with E-state index >= 15 is 0 Å². The van der Waals surface area contributed by atoms with E-state index in [2.05, 4.69) is 42.9 Å². The van der Waals surface area contributed by atoms with Crippen molar-refractivity contribution in [3.63, 3.8) is 0 Å². The number of hydrogen-bond acceptors (Lipinski definition) is 13. The maximum absolute atomic E-state index is 14.3. The van der Waals surface area contributed by atoms with Crippen LogP contribution < -0.4 is 21.0 Å². The zero-order valence-corrected chi connectivity index (χ0v) is 35.0. The van der Waals surface area contributed by atoms with Crippen molar-refractivity contribution in [3.8, 4) is 0 Å². The second kappa shape index (κ2) is 17.8. The van der Waals surface area contributed by atoms with E-state index in [-0.39, 0.29) is 30.5 Å². The average Bonchev–Trinajstić information content (AvgIpc) is 3.98. The Bertz CT molecular complexity index is 2120. The number of imide groups is 2. The van der Waals surface area contributed by atoms with Gasteiger partial charge >= 0.3 is 0 Å². The summed E-state index contributed by atoms with van der Waals surface area (Å²) in [6.07, 6.45) is 8.69. The summed E-state index contributed by atoms with van der Waals surface area (Å²) in [5.41, 5.74) is 4.17. The number of aromatic nitrogens is 2. The second-order valence-corrected chi connectivity index (χ2v) is 17.7. The molecule has 3 atom stereocenters. The van der Waals surface area contributed by atoms with Gasteiger partial charge in [-0.25, -0.2) is 19.2 Å². The number of alkyl halides is 2. The smallest absolute Gasteiger partial charge is 0.284 e. The van der Waals surface area contributed by atoms with Crippen molar-refractivity contribution < 1.29 is 37.5 Å². The summed E-state index contributed by atoms with van der Waals surface area (Å²) in [7, 11) is 2.15. The van der Waals surface area contributed by atoms with Crippen LogP contribution in [0.25, 0.3) is 0 Å². The number of fused-ring (bicyclic) bond motifs is 2. The van der Waals surface area contributed by atoms with E-state index in [4.69, 9.17) is 9.73 Å². The van der Waals surface area contributed by atoms with Crippen molar-refractivity contribution in [2.75, 3.05) is 76.3 Å². The predicted molar refractivity (Wildman–Crippen MR) is 223 cm³/mol. The topological polar surface area (TPSA) is 177 Å². The van der Waals surface area contributed by atoms with Crippen LogP contribution in [0.15, 0.2) is 41.7 Å². The number of aliphatic imine (C=N–C) groups is 1. The first-order valence-corrected chi connectivity index (χ1v) is 22.1. The van der Waals surface area contributed by atoms with Crippen molar-refractivity contribution in [3.05, 3.63) is 53.5 Å². The third-order valence-corrected chi connectivity index (χ3v) is 13.8. The molecular weight excluding hydrogens is 805 g/mol. The molecule has 17 nitrogen and oxygen atoms in total. The Morgan fingerprint density at radius 1 is 0.968 bits per heavy atom. The van der Waals surface area contributed by atoms with Crippen molar-refractivity contribution in [1.82, 2.24) is 40.2 Å². The standard InChI is InChI=1S/C43H55F2N11O6/c1-51(15-11-26-12-16-52(17-13-26)32-4-2-3-29-36(32)43(61)56(42(29)60)33-9-10-35(57)49-41(33)59)24-27-5-7-28(8-6-27)55-25-31(37(50-55)38(44)45)47-40(58)30-23-46-54-18-14-34(48-39(30)54)53-19-21-62-22-20-53/h2-4,14,18,25-28,30,33,38-39,46H,5-13,15-17,19-24H2,1H3,(H,47,58)(H,49,57,59). The predicted octanol–water partition coefficient (Wildman–Crippen LogP) is 3.15. The van der Waals surface area contributed by atoms with Crippen LogP contribution in [0.1, 0.15) is 96.7 Å². The molecule has 62 heavy (non-hydrogen) atoms. The first-order chi connectivity index (χ1) is 30.0. The number of benzene rings is 1. The van der Waals surface area contributed by atoms with Crippen molar-refractivity contribution >= 4 is 46.7 Å². The highest BCUT2D eigenvalue weighted by molar-refractivity contribution is 6.25. The molecule has 1 saturated carbocycles. The minimum absolute atomic E-state index is 0.0301. The minimum Gasteiger partial charge on any atom is -0.378 e. The highest BCUT2D eigenvalue weighted by Crippen LogP contribution is 2.38. The van der Waals surface area contributed by atoms with E-state index in [0.717, 1.165) is 81.9 Å². The number of nitrogens with one attached hydrogen (secondary N) is 3. The van der Waals surface area contributed by atoms with Gasteiger partial charge in [-0.2, -0.15) is 5.10 Å². The lowest BCUT2D eigenvalue weighted by atomic mass is 9.85. The Labute approximate surface area is 358 Å². The Kier molecular flexibility index (Phi) is 12.1. The van der Waals surface area contributed by atoms with E-state index in [9.17, 15) is 32.8 Å². The molecule has 5 fully saturated rings. The van der Waals surface area contributed by atoms with Gasteiger partial charge in [0.2, 0.25) is 17.7 Å². The van der Waals surface area contributed by atoms with Gasteiger partial charge in [0.1, 0.15) is 18.0 Å². The van der Waals surface area contributed by atoms with Gasteiger partial charge in [-0.05, 0) is 95.0 Å². The maximum Gasteiger partial charge on any atom is 0.284 e. The molecule has 0 radical (unpaired) electrons. The van der Waals surface area contributed by atoms with Gasteiger partial charge < -0.3 is 24.8 Å². The molecule has 19 heteroatoms. The quantitative estimate of drug-likeness (QED) is 0.282. The van der Waals surface area contributed by atoms with Gasteiger partial charge in [-0.15, -0.1) is 0 Å². The van der Waals surface area contributed by atoms with Gasteiger partial charge in [-0.3, -0.25) is 43.9 Å². The van der Waals surface area contributed by atoms with E-state index in [1.165, 1.54) is 0 Å². The number of halogens is 2. The normalized spacial score (nSPS) is 27.0. The number of carbonyl (C=O) groups is 5. The van der Waals surface area contributed by atoms with Gasteiger partial charge in [-0.1, -0.05) is 6.07 Å². The van der Waals surface area contributed by atoms with Crippen LogP contribution in [-0.2, 0) is 19.1 Å². The Hall–Kier alpha value is -5.27. The summed E-state index contributed by atoms with van der Waals surface area (Å²) in [6.45, 7) is 6.38. The van der Waals surface area contributed by atoms with Crippen molar-refractivity contribution in [2.24, 2.45) is 22.7 Å². The zero-order chi connectivity index (χ0) is 43.1. The van der Waals surface area contributed by atoms with E-state index in [1.54, 1.807) is 28.0 Å². The molecule has 332 valence electrons. The number of carbonyl (C=O) groups excluding carboxylic acids is 5. The third kappa shape index (κ3) is 8.45. The van der Waals surface area contributed by atoms with Crippen LogP contribution >= 0.6 is 0 Å². The van der Waals surface area contributed by atoms with Crippen molar-refractivity contribution in [1.29, 1.82) is 0 Å². The monoisotopic (exact) mass is 859 g/mol. The summed E-state index contributed by atoms with van der Waals surface area (Å²) < 4.78 is 35.7. The van der Waals surface area contributed by atoms with E-state index < -0.39 is 53.9 Å². The minimum atomic E-state index is -2.84. The lowest BCUT2D eigenvalue weighted by Crippen LogP contribution is -2.54. The summed E-state index contributed by atoms with van der Waals surface area (Å²) in [5.74, 6) is -1.17. The summed E-state index contributed by atoms with van der Waals surface area (Å²) in [4.78, 5) is 77.4. The van der Waals surface area contributed by atoms with Crippen LogP contribution in [0.5, 0.6) is 0 Å². The molecule has 4 saturated heterocycles. The number of morpholine rings is 1. The molecule has 7 aliphatic rings. The molecule has 0 bridgehead atoms. The number of amides is 5. The summed E-state index contributed by atoms with van der Waals surface area (Å²) in [5, 5.41) is 11.1. The van der Waals surface area contributed by atoms with Crippen molar-refractivity contribution in [2.45, 2.75) is 82.5 Å². The first kappa shape index (κ1) is 42.1. The number of ether oxygens (including phenoxy) is 1. The van der Waals surface area contributed by atoms with Crippen LogP contribution in [0.4, 0.5) is 20.2 Å². The van der Waals surface area contributed by atoms with Crippen LogP contribution in [0.2, 0.25) is 0 Å². The van der Waals surface area contributed by atoms with Crippen LogP contribution in [0.3, 0.4) is 0 Å². The number of amidine groups is 1. The van der Waals surface area contributed by atoms with Crippen LogP contribution in [-0.4, -0.2) is 143 Å². The Morgan fingerprint density at radius 2 is 1.74 bits per heavy atom. The molecule has 6 aliphatic heterocycles. The molecular formula is C43H55F2N11O6. The SMILES string of the molecule is CN(CCC1CCN(c2cccc3c2C(=O)N(C2CCC(=O)NC2=O)C3=O)CC1)CC1CCC(n2cc(NC(=O)C3CNN4C=CC(N5CCOCC5)=NC34)c(C(F)F)n2)CC1. The number of hydrazine groups is 1. The van der Waals surface area contributed by atoms with Gasteiger partial charge in [0.05, 0.1) is 47.7 Å². The lowest BCUT2D eigenvalue weighted by molar-refractivity contribution is -0.136. The first-order valence-electron chi connectivity index (χ1n) is 22.1. The lowest BCUT2D eigenvalue weighted by Gasteiger charge is -2.36. The number of nitrogens with zero attached hydrogens (tertiary/aromatic N) is 8. The fourth-order valence-electron chi connectivity index (χ4n) is 10.2. The fraction of sp³-hybridized carbons (Fsp3) is 0.605. The molecule has 3 N–H and O–H groups in total. The molecule has 7 heterocycles. The van der Waals surface area contributed by atoms with Gasteiger partial charge in [0.25, 0.3) is 18.2 Å². The molecule has 1 aromatic carbocycles. The largest absolute Gasteiger partial charge is 0.378 e. The molecule has 1 aliphatic carbocycles. The highest BCUT2D eigenvalue weighted by atomic mass is 19.3. The average molecular weight is 860 g/mol. The molecule has 5 amide bonds. The number of rotatable bonds is 11. The Morgan fingerprint density at radius 3 is 2.48 bits per heavy atom. The number of piperidine rings is 2. The Balaban J connectivity index is 0.731. The maximum atomic E-state index is 14.3. The number of hydrogen-bond donors (Lipinski definition) is 3. The summed E-state index contributed by atoms with van der Waals surface area (Å²) in [6, 6.07) is 4.26. The van der Waals surface area contributed by atoms with Gasteiger partial charge in [0, 0.05) is 58.1 Å². The van der Waals surface area contributed by atoms with Gasteiger partial charge in [0.15, 0.2) is 5.69 Å². The van der Waals surface area contributed by atoms with E-state index in [1.807, 2.05) is 18.3 Å². The molecule has 0 spiro atoms. The van der Waals surface area contributed by atoms with Crippen LogP contribution in [0, 0.1) is 17.8 Å². The highest BCUT2D eigenvalue weighted by Gasteiger charge is 2.46. The summed E-state index contributed by atoms with van der Waals surface area (Å²) >= 11 is 0. The second-order valence-electron chi connectivity index (χ2n) is 17.7. The molecule has 3 unspecified atom stereocenters. The fourth-order valence-corrected chi connectivity index (χ4v) is 10.2. The molecule has 2 aromatic rings. The third-order valence-electron chi connectivity index (χ3n) is 13.8. The van der Waals surface area contributed by atoms with E-state index in [0.29, 0.717) is 61.5 Å². The molecule has 1 aromatic heterocycles. The number of anilines is 2.